The number of aromatic carboxylic acids is 1. The summed E-state index contributed by atoms with van der Waals surface area (Å²) in [4.78, 5) is 11.0. The number of rotatable bonds is 6. The monoisotopic (exact) mass is 433 g/mol. The molecular weight excluding hydrogens is 421 g/mol. The van der Waals surface area contributed by atoms with Crippen LogP contribution in [0.15, 0.2) is 18.2 Å². The number of sulfonamides is 1. The molecule has 10 heteroatoms. The predicted molar refractivity (Wildman–Crippen MR) is 83.2 cm³/mol. The molecule has 0 amide bonds. The average molecular weight is 433 g/mol. The van der Waals surface area contributed by atoms with Crippen LogP contribution >= 0.6 is 22.6 Å². The molecule has 0 fully saturated rings. The van der Waals surface area contributed by atoms with Crippen molar-refractivity contribution in [3.8, 4) is 0 Å². The van der Waals surface area contributed by atoms with Crippen molar-refractivity contribution in [2.75, 3.05) is 22.5 Å². The minimum atomic E-state index is -3.93. The molecule has 0 radical (unpaired) electrons. The Hall–Kier alpha value is -0.880. The molecule has 0 saturated heterocycles. The number of sulfone groups is 1. The number of anilines is 1. The van der Waals surface area contributed by atoms with Gasteiger partial charge in [0.2, 0.25) is 10.0 Å². The average Bonchev–Trinajstić information content (AvgIpc) is 2.28. The van der Waals surface area contributed by atoms with Crippen LogP contribution in [0.3, 0.4) is 0 Å². The highest BCUT2D eigenvalue weighted by Crippen LogP contribution is 2.20. The Kier molecular flexibility index (Phi) is 5.38. The summed E-state index contributed by atoms with van der Waals surface area (Å²) in [6, 6.07) is 4.18. The molecule has 0 spiro atoms. The largest absolute Gasteiger partial charge is 0.478 e. The number of halogens is 1. The van der Waals surface area contributed by atoms with E-state index in [4.69, 9.17) is 5.11 Å². The Morgan fingerprint density at radius 1 is 1.25 bits per heavy atom. The van der Waals surface area contributed by atoms with E-state index in [-0.39, 0.29) is 11.3 Å². The topological polar surface area (TPSA) is 118 Å². The van der Waals surface area contributed by atoms with Crippen LogP contribution in [0.2, 0.25) is 0 Å². The summed E-state index contributed by atoms with van der Waals surface area (Å²) in [6.45, 7) is 0. The Morgan fingerprint density at radius 3 is 2.35 bits per heavy atom. The predicted octanol–water partition coefficient (Wildman–Crippen LogP) is 0.776. The van der Waals surface area contributed by atoms with Crippen LogP contribution in [0, 0.1) is 3.57 Å². The standard InChI is InChI=1S/C10H12INO6S2/c1-19(15,16)4-5-20(17,18)12-9-3-2-7(11)6-8(9)10(13)14/h2-3,6,12H,4-5H2,1H3,(H,13,14). The van der Waals surface area contributed by atoms with Gasteiger partial charge in [0, 0.05) is 9.83 Å². The first kappa shape index (κ1) is 17.2. The van der Waals surface area contributed by atoms with Crippen molar-refractivity contribution < 1.29 is 26.7 Å². The van der Waals surface area contributed by atoms with Gasteiger partial charge in [-0.25, -0.2) is 21.6 Å². The number of nitrogens with one attached hydrogen (secondary N) is 1. The van der Waals surface area contributed by atoms with Crippen LogP contribution in [-0.4, -0.2) is 45.7 Å². The maximum atomic E-state index is 11.7. The highest BCUT2D eigenvalue weighted by molar-refractivity contribution is 14.1. The number of carboxylic acids is 1. The van der Waals surface area contributed by atoms with E-state index >= 15 is 0 Å². The molecule has 0 aliphatic rings. The van der Waals surface area contributed by atoms with Crippen molar-refractivity contribution in [1.82, 2.24) is 0 Å². The lowest BCUT2D eigenvalue weighted by Crippen LogP contribution is -2.23. The fourth-order valence-corrected chi connectivity index (χ4v) is 4.46. The molecule has 1 aromatic carbocycles. The van der Waals surface area contributed by atoms with Crippen LogP contribution in [0.4, 0.5) is 5.69 Å². The van der Waals surface area contributed by atoms with E-state index in [0.29, 0.717) is 3.57 Å². The van der Waals surface area contributed by atoms with Gasteiger partial charge < -0.3 is 5.11 Å². The van der Waals surface area contributed by atoms with Gasteiger partial charge in [0.05, 0.1) is 22.8 Å². The van der Waals surface area contributed by atoms with Crippen molar-refractivity contribution in [2.45, 2.75) is 0 Å². The normalized spacial score (nSPS) is 12.1. The van der Waals surface area contributed by atoms with Crippen molar-refractivity contribution in [3.05, 3.63) is 27.3 Å². The molecule has 2 N–H and O–H groups in total. The third-order valence-corrected chi connectivity index (χ3v) is 5.35. The molecule has 1 rings (SSSR count). The van der Waals surface area contributed by atoms with E-state index < -0.39 is 37.3 Å². The van der Waals surface area contributed by atoms with Gasteiger partial charge in [-0.05, 0) is 40.8 Å². The van der Waals surface area contributed by atoms with Gasteiger partial charge in [0.15, 0.2) is 0 Å². The van der Waals surface area contributed by atoms with Gasteiger partial charge in [0.25, 0.3) is 0 Å². The van der Waals surface area contributed by atoms with Gasteiger partial charge in [0.1, 0.15) is 9.84 Å². The van der Waals surface area contributed by atoms with Crippen molar-refractivity contribution in [1.29, 1.82) is 0 Å². The third kappa shape index (κ3) is 5.63. The number of benzene rings is 1. The number of carbonyl (C=O) groups is 1. The van der Waals surface area contributed by atoms with Crippen LogP contribution in [0.5, 0.6) is 0 Å². The SMILES string of the molecule is CS(=O)(=O)CCS(=O)(=O)Nc1ccc(I)cc1C(=O)O. The maximum Gasteiger partial charge on any atom is 0.337 e. The molecule has 0 aliphatic carbocycles. The fraction of sp³-hybridized carbons (Fsp3) is 0.300. The van der Waals surface area contributed by atoms with Gasteiger partial charge in [-0.1, -0.05) is 0 Å². The van der Waals surface area contributed by atoms with E-state index in [9.17, 15) is 21.6 Å². The zero-order chi connectivity index (χ0) is 15.6. The van der Waals surface area contributed by atoms with Crippen LogP contribution in [0.25, 0.3) is 0 Å². The second-order valence-electron chi connectivity index (χ2n) is 4.05. The van der Waals surface area contributed by atoms with E-state index in [1.165, 1.54) is 12.1 Å². The highest BCUT2D eigenvalue weighted by atomic mass is 127. The molecule has 20 heavy (non-hydrogen) atoms. The van der Waals surface area contributed by atoms with Gasteiger partial charge >= 0.3 is 5.97 Å². The Bertz CT molecular complexity index is 726. The molecule has 7 nitrogen and oxygen atoms in total. The molecule has 0 unspecified atom stereocenters. The second-order valence-corrected chi connectivity index (χ2v) is 9.39. The van der Waals surface area contributed by atoms with E-state index in [1.807, 2.05) is 22.6 Å². The van der Waals surface area contributed by atoms with Gasteiger partial charge in [-0.3, -0.25) is 4.72 Å². The Labute approximate surface area is 130 Å². The fourth-order valence-electron chi connectivity index (χ4n) is 1.26. The van der Waals surface area contributed by atoms with Crippen molar-refractivity contribution in [2.24, 2.45) is 0 Å². The molecule has 112 valence electrons. The minimum Gasteiger partial charge on any atom is -0.478 e. The number of hydrogen-bond acceptors (Lipinski definition) is 5. The lowest BCUT2D eigenvalue weighted by molar-refractivity contribution is 0.0698. The lowest BCUT2D eigenvalue weighted by atomic mass is 10.2. The third-order valence-electron chi connectivity index (χ3n) is 2.20. The van der Waals surface area contributed by atoms with Gasteiger partial charge in [-0.2, -0.15) is 0 Å². The highest BCUT2D eigenvalue weighted by Gasteiger charge is 2.18. The molecule has 1 aromatic rings. The van der Waals surface area contributed by atoms with Crippen molar-refractivity contribution >= 4 is 54.1 Å². The molecule has 0 heterocycles. The van der Waals surface area contributed by atoms with Crippen molar-refractivity contribution in [3.63, 3.8) is 0 Å². The Morgan fingerprint density at radius 2 is 1.85 bits per heavy atom. The summed E-state index contributed by atoms with van der Waals surface area (Å²) in [7, 11) is -7.35. The summed E-state index contributed by atoms with van der Waals surface area (Å²) in [5, 5.41) is 9.01. The van der Waals surface area contributed by atoms with E-state index in [2.05, 4.69) is 4.72 Å². The lowest BCUT2D eigenvalue weighted by Gasteiger charge is -2.10. The first-order valence-electron chi connectivity index (χ1n) is 5.21. The summed E-state index contributed by atoms with van der Waals surface area (Å²) in [6.07, 6.45) is 0.927. The van der Waals surface area contributed by atoms with Crippen LogP contribution in [0.1, 0.15) is 10.4 Å². The van der Waals surface area contributed by atoms with Gasteiger partial charge in [-0.15, -0.1) is 0 Å². The second kappa shape index (κ2) is 6.26. The smallest absolute Gasteiger partial charge is 0.337 e. The maximum absolute atomic E-state index is 11.7. The Balaban J connectivity index is 3.01. The molecule has 0 saturated carbocycles. The molecular formula is C10H12INO6S2. The number of hydrogen-bond donors (Lipinski definition) is 2. The van der Waals surface area contributed by atoms with Crippen LogP contribution < -0.4 is 4.72 Å². The van der Waals surface area contributed by atoms with E-state index in [0.717, 1.165) is 6.26 Å². The summed E-state index contributed by atoms with van der Waals surface area (Å²) in [5.41, 5.74) is -0.286. The molecule has 0 aliphatic heterocycles. The summed E-state index contributed by atoms with van der Waals surface area (Å²) < 4.78 is 48.1. The van der Waals surface area contributed by atoms with E-state index in [1.54, 1.807) is 6.07 Å². The first-order chi connectivity index (χ1) is 9.00. The zero-order valence-corrected chi connectivity index (χ0v) is 14.1. The molecule has 0 atom stereocenters. The summed E-state index contributed by atoms with van der Waals surface area (Å²) in [5.74, 6) is -2.43. The quantitative estimate of drug-likeness (QED) is 0.641. The molecule has 0 bridgehead atoms. The van der Waals surface area contributed by atoms with Crippen LogP contribution in [-0.2, 0) is 19.9 Å². The summed E-state index contributed by atoms with van der Waals surface area (Å²) >= 11 is 1.90. The first-order valence-corrected chi connectivity index (χ1v) is 10.0. The molecule has 0 aromatic heterocycles. The number of carboxylic acid groups (broad SMARTS) is 1. The minimum absolute atomic E-state index is 0.0913. The zero-order valence-electron chi connectivity index (χ0n) is 10.3.